The number of aliphatic hydroxyl groups is 1. The Morgan fingerprint density at radius 3 is 2.68 bits per heavy atom. The van der Waals surface area contributed by atoms with Crippen LogP contribution in [0.2, 0.25) is 0 Å². The van der Waals surface area contributed by atoms with Crippen LogP contribution in [0.15, 0.2) is 29.0 Å². The maximum absolute atomic E-state index is 14.0. The molecule has 1 aromatic carbocycles. The van der Waals surface area contributed by atoms with Crippen LogP contribution >= 0.6 is 0 Å². The number of carbonyl (C=O) groups is 4. The number of nitrogens with two attached hydrogens (primary N) is 2. The number of likely N-dealkylation sites (tertiary alicyclic amines) is 1. The van der Waals surface area contributed by atoms with E-state index in [1.54, 1.807) is 20.1 Å². The van der Waals surface area contributed by atoms with Gasteiger partial charge in [-0.05, 0) is 76.7 Å². The lowest BCUT2D eigenvalue weighted by molar-refractivity contribution is -0.163. The molecule has 1 fully saturated rings. The van der Waals surface area contributed by atoms with Crippen molar-refractivity contribution in [2.24, 2.45) is 16.5 Å². The van der Waals surface area contributed by atoms with E-state index in [1.165, 1.54) is 11.8 Å². The number of nitrogens with zero attached hydrogens (tertiary/aromatic N) is 3. The summed E-state index contributed by atoms with van der Waals surface area (Å²) in [5.41, 5.74) is 10.8. The molecule has 2 aliphatic carbocycles. The van der Waals surface area contributed by atoms with E-state index in [-0.39, 0.29) is 49.8 Å². The lowest BCUT2D eigenvalue weighted by atomic mass is 9.50. The van der Waals surface area contributed by atoms with E-state index in [1.807, 2.05) is 19.2 Å². The predicted molar refractivity (Wildman–Crippen MR) is 195 cm³/mol. The zero-order valence-corrected chi connectivity index (χ0v) is 31.3. The van der Waals surface area contributed by atoms with Crippen LogP contribution in [0.1, 0.15) is 76.3 Å². The molecule has 1 spiro atoms. The fourth-order valence-corrected chi connectivity index (χ4v) is 8.48. The van der Waals surface area contributed by atoms with Crippen molar-refractivity contribution in [1.82, 2.24) is 20.4 Å². The largest absolute Gasteiger partial charge is 0.493 e. The average Bonchev–Trinajstić information content (AvgIpc) is 3.47. The average molecular weight is 742 g/mol. The Morgan fingerprint density at radius 1 is 1.17 bits per heavy atom. The van der Waals surface area contributed by atoms with Crippen LogP contribution in [0.3, 0.4) is 0 Å². The first-order valence-electron chi connectivity index (χ1n) is 18.6. The first-order chi connectivity index (χ1) is 25.4. The molecule has 292 valence electrons. The summed E-state index contributed by atoms with van der Waals surface area (Å²) in [7, 11) is 3.61. The summed E-state index contributed by atoms with van der Waals surface area (Å²) >= 11 is 0. The molecule has 7 N–H and O–H groups in total. The van der Waals surface area contributed by atoms with Gasteiger partial charge in [-0.25, -0.2) is 4.79 Å². The number of guanidine groups is 1. The molecule has 53 heavy (non-hydrogen) atoms. The Bertz CT molecular complexity index is 1600. The quantitative estimate of drug-likeness (QED) is 0.0621. The Kier molecular flexibility index (Phi) is 12.8. The third-order valence-corrected chi connectivity index (χ3v) is 11.0. The van der Waals surface area contributed by atoms with Gasteiger partial charge in [0.1, 0.15) is 11.8 Å². The molecule has 0 aromatic heterocycles. The van der Waals surface area contributed by atoms with Crippen molar-refractivity contribution in [3.8, 4) is 11.5 Å². The van der Waals surface area contributed by atoms with Gasteiger partial charge in [-0.15, -0.1) is 0 Å². The van der Waals surface area contributed by atoms with E-state index in [2.05, 4.69) is 20.5 Å². The highest BCUT2D eigenvalue weighted by molar-refractivity contribution is 5.86. The summed E-state index contributed by atoms with van der Waals surface area (Å²) in [6.07, 6.45) is 4.81. The molecule has 1 saturated heterocycles. The Balaban J connectivity index is 1.31. The maximum Gasteiger partial charge on any atom is 0.415 e. The van der Waals surface area contributed by atoms with Gasteiger partial charge < -0.3 is 56.0 Å². The van der Waals surface area contributed by atoms with Gasteiger partial charge in [-0.1, -0.05) is 12.5 Å². The van der Waals surface area contributed by atoms with E-state index >= 15 is 0 Å². The number of esters is 1. The highest BCUT2D eigenvalue weighted by atomic mass is 16.6. The predicted octanol–water partition coefficient (Wildman–Crippen LogP) is 1.21. The number of rotatable bonds is 18. The van der Waals surface area contributed by atoms with Gasteiger partial charge in [-0.3, -0.25) is 19.4 Å². The number of nitrogens with one attached hydrogen (secondary N) is 2. The van der Waals surface area contributed by atoms with Crippen molar-refractivity contribution < 1.29 is 43.2 Å². The number of hydrogen-bond acceptors (Lipinski definition) is 11. The lowest BCUT2D eigenvalue weighted by Gasteiger charge is -2.61. The first-order valence-corrected chi connectivity index (χ1v) is 18.6. The SMILES string of the molecule is CCOC(=O)CCCCCN(CCNC(=O)[C@H](CCCN=C(N)N)NC(C)=O)C(=O)OC1=CCC2(O)[C@H]3Cc4ccc(OC)c5c4[C@@]2(CCN3C)C1O5. The Hall–Kier alpha value is -4.57. The van der Waals surface area contributed by atoms with Crippen LogP contribution in [0.4, 0.5) is 4.79 Å². The van der Waals surface area contributed by atoms with Crippen LogP contribution < -0.4 is 31.6 Å². The lowest BCUT2D eigenvalue weighted by Crippen LogP contribution is -2.74. The van der Waals surface area contributed by atoms with Crippen molar-refractivity contribution in [3.63, 3.8) is 0 Å². The molecule has 4 aliphatic rings. The number of amides is 3. The van der Waals surface area contributed by atoms with E-state index < -0.39 is 35.2 Å². The number of methoxy groups -OCH3 is 1. The number of piperidine rings is 1. The number of ether oxygens (including phenoxy) is 4. The van der Waals surface area contributed by atoms with Gasteiger partial charge in [0.2, 0.25) is 11.8 Å². The third-order valence-electron chi connectivity index (χ3n) is 11.0. The normalized spacial score (nSPS) is 24.1. The number of hydrogen-bond donors (Lipinski definition) is 5. The molecular formula is C37H55N7O9. The molecule has 2 unspecified atom stereocenters. The minimum Gasteiger partial charge on any atom is -0.493 e. The molecule has 2 bridgehead atoms. The molecule has 2 heterocycles. The summed E-state index contributed by atoms with van der Waals surface area (Å²) in [4.78, 5) is 58.5. The minimum atomic E-state index is -1.15. The monoisotopic (exact) mass is 741 g/mol. The number of likely N-dealkylation sites (N-methyl/N-ethyl adjacent to an activating group) is 1. The third kappa shape index (κ3) is 8.17. The summed E-state index contributed by atoms with van der Waals surface area (Å²) < 4.78 is 23.6. The van der Waals surface area contributed by atoms with Crippen molar-refractivity contribution in [1.29, 1.82) is 0 Å². The molecule has 1 aromatic rings. The second-order valence-corrected chi connectivity index (χ2v) is 14.2. The van der Waals surface area contributed by atoms with Crippen LogP contribution in [-0.4, -0.2) is 122 Å². The van der Waals surface area contributed by atoms with Crippen LogP contribution in [0.5, 0.6) is 11.5 Å². The van der Waals surface area contributed by atoms with E-state index in [4.69, 9.17) is 30.4 Å². The van der Waals surface area contributed by atoms with Gasteiger partial charge in [0.25, 0.3) is 0 Å². The fourth-order valence-electron chi connectivity index (χ4n) is 8.48. The molecule has 0 radical (unpaired) electrons. The molecular weight excluding hydrogens is 686 g/mol. The van der Waals surface area contributed by atoms with Gasteiger partial charge in [0, 0.05) is 57.5 Å². The Morgan fingerprint density at radius 2 is 1.96 bits per heavy atom. The van der Waals surface area contributed by atoms with Gasteiger partial charge in [0.15, 0.2) is 23.6 Å². The van der Waals surface area contributed by atoms with E-state index in [0.29, 0.717) is 81.9 Å². The van der Waals surface area contributed by atoms with Crippen LogP contribution in [-0.2, 0) is 35.7 Å². The van der Waals surface area contributed by atoms with Crippen molar-refractivity contribution in [3.05, 3.63) is 35.1 Å². The molecule has 5 rings (SSSR count). The molecule has 3 amide bonds. The summed E-state index contributed by atoms with van der Waals surface area (Å²) in [6.45, 7) is 4.94. The summed E-state index contributed by atoms with van der Waals surface area (Å²) in [5, 5.41) is 18.0. The van der Waals surface area contributed by atoms with Crippen LogP contribution in [0.25, 0.3) is 0 Å². The first kappa shape index (κ1) is 39.6. The van der Waals surface area contributed by atoms with Gasteiger partial charge in [0.05, 0.1) is 24.7 Å². The van der Waals surface area contributed by atoms with Crippen LogP contribution in [0, 0.1) is 0 Å². The topological polar surface area (TPSA) is 220 Å². The van der Waals surface area contributed by atoms with Crippen molar-refractivity contribution >= 4 is 29.8 Å². The zero-order chi connectivity index (χ0) is 38.3. The van der Waals surface area contributed by atoms with Gasteiger partial charge in [-0.2, -0.15) is 0 Å². The molecule has 16 heteroatoms. The standard InChI is InChI=1S/C37H55N7O9/c1-5-51-29(46)11-7-6-8-19-44(21-18-40-33(47)25(42-23(2)45)10-9-17-41-34(38)39)35(48)52-27-14-15-37(49)28-22-24-12-13-26(50-4)31-30(24)36(37,32(27)53-31)16-20-43(28)3/h12-14,25,28,32,49H,5-11,15-22H2,1-4H3,(H,40,47)(H,42,45)(H4,38,39,41)/t25-,28+,32?,36-,37?/m0/s1. The highest BCUT2D eigenvalue weighted by Gasteiger charge is 2.72. The number of carbonyl (C=O) groups excluding carboxylic acids is 4. The second-order valence-electron chi connectivity index (χ2n) is 14.2. The van der Waals surface area contributed by atoms with E-state index in [0.717, 1.165) is 17.7 Å². The summed E-state index contributed by atoms with van der Waals surface area (Å²) in [5.74, 6) is 0.384. The summed E-state index contributed by atoms with van der Waals surface area (Å²) in [6, 6.07) is 2.97. The zero-order valence-electron chi connectivity index (χ0n) is 31.3. The Labute approximate surface area is 310 Å². The maximum atomic E-state index is 14.0. The molecule has 2 aliphatic heterocycles. The highest BCUT2D eigenvalue weighted by Crippen LogP contribution is 2.65. The number of aliphatic imine (C=N–C) groups is 1. The smallest absolute Gasteiger partial charge is 0.415 e. The van der Waals surface area contributed by atoms with Crippen molar-refractivity contribution in [2.75, 3.05) is 53.5 Å². The molecule has 0 saturated carbocycles. The number of benzene rings is 1. The van der Waals surface area contributed by atoms with Gasteiger partial charge >= 0.3 is 12.1 Å². The van der Waals surface area contributed by atoms with E-state index in [9.17, 15) is 24.3 Å². The van der Waals surface area contributed by atoms with Crippen molar-refractivity contribution in [2.45, 2.75) is 101 Å². The minimum absolute atomic E-state index is 0.0551. The molecule has 16 nitrogen and oxygen atoms in total. The second kappa shape index (κ2) is 17.1. The molecule has 5 atom stereocenters. The fraction of sp³-hybridized carbons (Fsp3) is 0.649. The number of unbranched alkanes of at least 4 members (excludes halogenated alkanes) is 2.